The lowest BCUT2D eigenvalue weighted by atomic mass is 9.85. The normalized spacial score (nSPS) is 16.9. The van der Waals surface area contributed by atoms with Crippen LogP contribution in [0.5, 0.6) is 11.5 Å². The topological polar surface area (TPSA) is 231 Å². The number of benzene rings is 3. The molecule has 17 heteroatoms. The first-order valence-electron chi connectivity index (χ1n) is 18.6. The van der Waals surface area contributed by atoms with Crippen LogP contribution in [0.25, 0.3) is 11.1 Å². The molecular formula is C41H50F2N8O7. The van der Waals surface area contributed by atoms with Gasteiger partial charge in [-0.25, -0.2) is 8.78 Å². The van der Waals surface area contributed by atoms with Crippen molar-refractivity contribution in [3.63, 3.8) is 0 Å². The van der Waals surface area contributed by atoms with Gasteiger partial charge in [0.1, 0.15) is 49.4 Å². The SMILES string of the molecule is C[C@@H]1NC(=O)[C@@H](N(C)C(=O)CNC(=O)c2ccc(C(C)(C)C)cc2C(F)F)c2ccc(OCCN)c(c2)-c2cc(ccc2OCCN)C[C@@H](C(=O)NCC#N)NC1=O. The van der Waals surface area contributed by atoms with Crippen LogP contribution >= 0.6 is 0 Å². The summed E-state index contributed by atoms with van der Waals surface area (Å²) in [4.78, 5) is 69.1. The Morgan fingerprint density at radius 1 is 0.931 bits per heavy atom. The lowest BCUT2D eigenvalue weighted by molar-refractivity contribution is -0.139. The molecule has 4 bridgehead atoms. The molecule has 0 unspecified atom stereocenters. The number of amides is 5. The molecule has 0 saturated carbocycles. The number of halogens is 2. The van der Waals surface area contributed by atoms with E-state index in [1.54, 1.807) is 42.5 Å². The summed E-state index contributed by atoms with van der Waals surface area (Å²) in [7, 11) is 1.32. The Morgan fingerprint density at radius 3 is 2.17 bits per heavy atom. The molecule has 3 atom stereocenters. The maximum atomic E-state index is 14.2. The number of nitrogens with two attached hydrogens (primary N) is 2. The number of hydrogen-bond acceptors (Lipinski definition) is 10. The van der Waals surface area contributed by atoms with E-state index < -0.39 is 71.6 Å². The predicted molar refractivity (Wildman–Crippen MR) is 211 cm³/mol. The fraction of sp³-hybridized carbons (Fsp3) is 0.415. The van der Waals surface area contributed by atoms with E-state index in [9.17, 15) is 32.8 Å². The summed E-state index contributed by atoms with van der Waals surface area (Å²) in [5.74, 6) is -3.16. The largest absolute Gasteiger partial charge is 0.492 e. The summed E-state index contributed by atoms with van der Waals surface area (Å²) in [5, 5.41) is 19.2. The molecule has 4 rings (SSSR count). The van der Waals surface area contributed by atoms with E-state index in [4.69, 9.17) is 26.2 Å². The molecule has 0 spiro atoms. The Hall–Kier alpha value is -6.12. The van der Waals surface area contributed by atoms with Crippen LogP contribution in [0.15, 0.2) is 54.6 Å². The first-order chi connectivity index (χ1) is 27.5. The number of carbonyl (C=O) groups excluding carboxylic acids is 5. The van der Waals surface area contributed by atoms with E-state index in [2.05, 4.69) is 21.3 Å². The second-order valence-corrected chi connectivity index (χ2v) is 14.7. The van der Waals surface area contributed by atoms with Gasteiger partial charge in [-0.15, -0.1) is 0 Å². The summed E-state index contributed by atoms with van der Waals surface area (Å²) in [6.45, 7) is 6.55. The predicted octanol–water partition coefficient (Wildman–Crippen LogP) is 2.38. The van der Waals surface area contributed by atoms with E-state index in [1.165, 1.54) is 26.1 Å². The molecular weight excluding hydrogens is 754 g/mol. The van der Waals surface area contributed by atoms with Crippen LogP contribution in [0.2, 0.25) is 0 Å². The molecule has 310 valence electrons. The van der Waals surface area contributed by atoms with Gasteiger partial charge in [0.2, 0.25) is 23.6 Å². The fourth-order valence-electron chi connectivity index (χ4n) is 6.27. The van der Waals surface area contributed by atoms with Crippen LogP contribution in [-0.2, 0) is 31.0 Å². The van der Waals surface area contributed by atoms with Crippen molar-refractivity contribution < 1.29 is 42.2 Å². The smallest absolute Gasteiger partial charge is 0.264 e. The lowest BCUT2D eigenvalue weighted by Crippen LogP contribution is -2.55. The van der Waals surface area contributed by atoms with E-state index in [-0.39, 0.29) is 50.4 Å². The fourth-order valence-corrected chi connectivity index (χ4v) is 6.27. The van der Waals surface area contributed by atoms with Crippen molar-refractivity contribution in [3.8, 4) is 28.7 Å². The molecule has 3 aromatic carbocycles. The zero-order valence-electron chi connectivity index (χ0n) is 33.1. The van der Waals surface area contributed by atoms with Gasteiger partial charge >= 0.3 is 0 Å². The van der Waals surface area contributed by atoms with Crippen LogP contribution < -0.4 is 42.2 Å². The van der Waals surface area contributed by atoms with E-state index in [0.29, 0.717) is 33.8 Å². The molecule has 15 nitrogen and oxygen atoms in total. The number of rotatable bonds is 13. The maximum Gasteiger partial charge on any atom is 0.264 e. The molecule has 0 aliphatic carbocycles. The number of nitrogens with zero attached hydrogens (tertiary/aromatic N) is 2. The van der Waals surface area contributed by atoms with Crippen molar-refractivity contribution in [1.82, 2.24) is 26.2 Å². The lowest BCUT2D eigenvalue weighted by Gasteiger charge is -2.30. The average Bonchev–Trinajstić information content (AvgIpc) is 3.19. The molecule has 1 aliphatic heterocycles. The van der Waals surface area contributed by atoms with Gasteiger partial charge in [-0.1, -0.05) is 39.0 Å². The minimum Gasteiger partial charge on any atom is -0.492 e. The maximum absolute atomic E-state index is 14.2. The third-order valence-corrected chi connectivity index (χ3v) is 9.40. The van der Waals surface area contributed by atoms with Gasteiger partial charge in [-0.2, -0.15) is 5.26 Å². The molecule has 0 fully saturated rings. The summed E-state index contributed by atoms with van der Waals surface area (Å²) < 4.78 is 40.3. The Balaban J connectivity index is 1.80. The third kappa shape index (κ3) is 11.0. The van der Waals surface area contributed by atoms with Gasteiger partial charge in [-0.3, -0.25) is 24.0 Å². The summed E-state index contributed by atoms with van der Waals surface area (Å²) in [6, 6.07) is 12.0. The molecule has 0 saturated heterocycles. The minimum absolute atomic E-state index is 0.0162. The second kappa shape index (κ2) is 19.8. The van der Waals surface area contributed by atoms with Crippen LogP contribution in [-0.4, -0.2) is 93.0 Å². The van der Waals surface area contributed by atoms with E-state index in [0.717, 1.165) is 4.90 Å². The van der Waals surface area contributed by atoms with Gasteiger partial charge in [0.15, 0.2) is 0 Å². The molecule has 5 amide bonds. The Morgan fingerprint density at radius 2 is 1.57 bits per heavy atom. The molecule has 3 aromatic rings. The Labute approximate surface area is 335 Å². The molecule has 8 N–H and O–H groups in total. The summed E-state index contributed by atoms with van der Waals surface area (Å²) >= 11 is 0. The molecule has 0 aromatic heterocycles. The zero-order valence-corrected chi connectivity index (χ0v) is 33.1. The monoisotopic (exact) mass is 804 g/mol. The highest BCUT2D eigenvalue weighted by Crippen LogP contribution is 2.40. The quantitative estimate of drug-likeness (QED) is 0.138. The highest BCUT2D eigenvalue weighted by Gasteiger charge is 2.34. The number of hydrogen-bond donors (Lipinski definition) is 6. The molecule has 1 heterocycles. The highest BCUT2D eigenvalue weighted by molar-refractivity contribution is 5.99. The van der Waals surface area contributed by atoms with Crippen molar-refractivity contribution in [2.45, 2.75) is 64.1 Å². The minimum atomic E-state index is -2.97. The third-order valence-electron chi connectivity index (χ3n) is 9.40. The van der Waals surface area contributed by atoms with Gasteiger partial charge in [0, 0.05) is 48.8 Å². The average molecular weight is 805 g/mol. The Bertz CT molecular complexity index is 2050. The van der Waals surface area contributed by atoms with Crippen molar-refractivity contribution >= 4 is 29.5 Å². The molecule has 0 radical (unpaired) electrons. The van der Waals surface area contributed by atoms with Crippen LogP contribution in [0.1, 0.15) is 72.8 Å². The van der Waals surface area contributed by atoms with E-state index >= 15 is 0 Å². The number of ether oxygens (including phenoxy) is 2. The molecule has 1 aliphatic rings. The van der Waals surface area contributed by atoms with Crippen molar-refractivity contribution in [3.05, 3.63) is 82.4 Å². The van der Waals surface area contributed by atoms with Crippen molar-refractivity contribution in [2.24, 2.45) is 11.5 Å². The van der Waals surface area contributed by atoms with Crippen LogP contribution in [0, 0.1) is 11.3 Å². The number of fused-ring (bicyclic) bond motifs is 5. The van der Waals surface area contributed by atoms with Gasteiger partial charge in [0.05, 0.1) is 12.6 Å². The number of likely N-dealkylation sites (N-methyl/N-ethyl adjacent to an activating group) is 1. The number of nitrogens with one attached hydrogen (secondary N) is 4. The first-order valence-corrected chi connectivity index (χ1v) is 18.6. The number of nitriles is 1. The summed E-state index contributed by atoms with van der Waals surface area (Å²) in [6.07, 6.45) is -2.98. The summed E-state index contributed by atoms with van der Waals surface area (Å²) in [5.41, 5.74) is 12.6. The standard InChI is InChI=1S/C41H50F2N8O7/c1-23-37(53)50-31(39(55)47-15-12-44)19-24-6-10-32(57-16-13-45)28(18-24)29-20-25(7-11-33(29)58-17-14-46)35(40(56)49-23)51(5)34(52)22-48-38(54)27-9-8-26(41(2,3)4)21-30(27)36(42)43/h6-11,18,20-21,23,31,35-36H,13-17,19,22,45-46H2,1-5H3,(H,47,55)(H,48,54)(H,49,56)(H,50,53)/t23-,31-,35-/m0/s1. The number of carbonyl (C=O) groups is 5. The van der Waals surface area contributed by atoms with Crippen molar-refractivity contribution in [1.29, 1.82) is 5.26 Å². The van der Waals surface area contributed by atoms with Gasteiger partial charge in [-0.05, 0) is 65.4 Å². The van der Waals surface area contributed by atoms with Gasteiger partial charge in [0.25, 0.3) is 12.3 Å². The number of alkyl halides is 2. The molecule has 58 heavy (non-hydrogen) atoms. The highest BCUT2D eigenvalue weighted by atomic mass is 19.3. The van der Waals surface area contributed by atoms with Crippen LogP contribution in [0.3, 0.4) is 0 Å². The van der Waals surface area contributed by atoms with Gasteiger partial charge < -0.3 is 47.1 Å². The van der Waals surface area contributed by atoms with Crippen molar-refractivity contribution in [2.75, 3.05) is 46.4 Å². The second-order valence-electron chi connectivity index (χ2n) is 14.7. The first kappa shape index (κ1) is 44.6. The Kier molecular flexibility index (Phi) is 15.3. The van der Waals surface area contributed by atoms with Crippen LogP contribution in [0.4, 0.5) is 8.78 Å². The van der Waals surface area contributed by atoms with E-state index in [1.807, 2.05) is 26.8 Å². The zero-order chi connectivity index (χ0) is 42.7.